The number of carbonyl (C=O) groups is 2. The molecule has 1 aliphatic heterocycles. The highest BCUT2D eigenvalue weighted by Crippen LogP contribution is 2.14. The lowest BCUT2D eigenvalue weighted by Crippen LogP contribution is -2.56. The molecule has 1 aromatic rings. The van der Waals surface area contributed by atoms with Gasteiger partial charge in [-0.3, -0.25) is 9.59 Å². The molecule has 0 spiro atoms. The van der Waals surface area contributed by atoms with Gasteiger partial charge in [-0.2, -0.15) is 0 Å². The lowest BCUT2D eigenvalue weighted by Gasteiger charge is -2.34. The number of carbonyl (C=O) groups excluding carboxylic acids is 2. The van der Waals surface area contributed by atoms with Crippen LogP contribution in [0.4, 0.5) is 4.39 Å². The summed E-state index contributed by atoms with van der Waals surface area (Å²) in [6.45, 7) is 3.70. The number of nitrogens with zero attached hydrogens (tertiary/aromatic N) is 2. The fraction of sp³-hybridized carbons (Fsp3) is 0.529. The van der Waals surface area contributed by atoms with Crippen molar-refractivity contribution in [2.75, 3.05) is 32.8 Å². The van der Waals surface area contributed by atoms with E-state index < -0.39 is 6.04 Å². The number of hydrogen-bond donors (Lipinski definition) is 2. The molecule has 2 N–H and O–H groups in total. The molecule has 1 atom stereocenters. The first-order valence-corrected chi connectivity index (χ1v) is 8.21. The average molecular weight is 337 g/mol. The summed E-state index contributed by atoms with van der Waals surface area (Å²) in [6.07, 6.45) is 0.0421. The normalized spacial score (nSPS) is 17.9. The van der Waals surface area contributed by atoms with Crippen LogP contribution in [0.5, 0.6) is 0 Å². The molecule has 7 heteroatoms. The number of nitrogens with one attached hydrogen (secondary N) is 1. The van der Waals surface area contributed by atoms with Crippen LogP contribution in [-0.4, -0.2) is 65.5 Å². The molecule has 0 radical (unpaired) electrons. The van der Waals surface area contributed by atoms with E-state index in [2.05, 4.69) is 5.32 Å². The first-order valence-electron chi connectivity index (χ1n) is 8.21. The SMILES string of the molecule is CCN(CCO)C(=O)CC1NCCN(Cc2ccccc2F)C1=O. The number of rotatable bonds is 7. The van der Waals surface area contributed by atoms with Gasteiger partial charge in [0.2, 0.25) is 11.8 Å². The Morgan fingerprint density at radius 3 is 2.88 bits per heavy atom. The Bertz CT molecular complexity index is 582. The summed E-state index contributed by atoms with van der Waals surface area (Å²) in [7, 11) is 0. The van der Waals surface area contributed by atoms with Crippen LogP contribution in [0.1, 0.15) is 18.9 Å². The first kappa shape index (κ1) is 18.4. The van der Waals surface area contributed by atoms with Crippen LogP contribution in [0.3, 0.4) is 0 Å². The summed E-state index contributed by atoms with van der Waals surface area (Å²) >= 11 is 0. The van der Waals surface area contributed by atoms with Gasteiger partial charge in [0.25, 0.3) is 0 Å². The number of aliphatic hydroxyl groups excluding tert-OH is 1. The first-order chi connectivity index (χ1) is 11.6. The van der Waals surface area contributed by atoms with Crippen molar-refractivity contribution in [1.82, 2.24) is 15.1 Å². The van der Waals surface area contributed by atoms with Crippen LogP contribution < -0.4 is 5.32 Å². The fourth-order valence-corrected chi connectivity index (χ4v) is 2.82. The third-order valence-electron chi connectivity index (χ3n) is 4.18. The van der Waals surface area contributed by atoms with Gasteiger partial charge in [0.05, 0.1) is 19.1 Å². The van der Waals surface area contributed by atoms with Crippen LogP contribution >= 0.6 is 0 Å². The standard InChI is InChI=1S/C17H24FN3O3/c1-2-20(9-10-22)16(23)11-15-17(24)21(8-7-19-15)12-13-5-3-4-6-14(13)18/h3-6,15,19,22H,2,7-12H2,1H3. The molecule has 0 bridgehead atoms. The molecule has 24 heavy (non-hydrogen) atoms. The summed E-state index contributed by atoms with van der Waals surface area (Å²) in [5.41, 5.74) is 0.466. The number of piperazine rings is 1. The minimum atomic E-state index is -0.606. The van der Waals surface area contributed by atoms with E-state index in [1.54, 1.807) is 23.1 Å². The second kappa shape index (κ2) is 8.75. The summed E-state index contributed by atoms with van der Waals surface area (Å²) in [5, 5.41) is 12.0. The molecule has 2 amide bonds. The maximum atomic E-state index is 13.8. The molecule has 132 valence electrons. The van der Waals surface area contributed by atoms with Crippen LogP contribution in [0.2, 0.25) is 0 Å². The number of halogens is 1. The van der Waals surface area contributed by atoms with Crippen molar-refractivity contribution in [2.45, 2.75) is 25.9 Å². The third-order valence-corrected chi connectivity index (χ3v) is 4.18. The van der Waals surface area contributed by atoms with Gasteiger partial charge in [-0.1, -0.05) is 18.2 Å². The second-order valence-electron chi connectivity index (χ2n) is 5.76. The molecule has 1 fully saturated rings. The Hall–Kier alpha value is -1.99. The predicted molar refractivity (Wildman–Crippen MR) is 87.6 cm³/mol. The predicted octanol–water partition coefficient (Wildman–Crippen LogP) is 0.357. The Morgan fingerprint density at radius 2 is 2.21 bits per heavy atom. The molecule has 6 nitrogen and oxygen atoms in total. The molecule has 0 saturated carbocycles. The number of hydrogen-bond acceptors (Lipinski definition) is 4. The molecule has 0 aliphatic carbocycles. The quantitative estimate of drug-likeness (QED) is 0.753. The molecular weight excluding hydrogens is 313 g/mol. The Kier molecular flexibility index (Phi) is 6.69. The third kappa shape index (κ3) is 4.52. The van der Waals surface area contributed by atoms with Crippen molar-refractivity contribution in [3.8, 4) is 0 Å². The van der Waals surface area contributed by atoms with E-state index in [9.17, 15) is 14.0 Å². The maximum absolute atomic E-state index is 13.8. The summed E-state index contributed by atoms with van der Waals surface area (Å²) in [4.78, 5) is 27.9. The van der Waals surface area contributed by atoms with Gasteiger partial charge in [-0.25, -0.2) is 4.39 Å². The number of amides is 2. The molecule has 1 heterocycles. The van der Waals surface area contributed by atoms with Crippen LogP contribution in [-0.2, 0) is 16.1 Å². The highest BCUT2D eigenvalue weighted by atomic mass is 19.1. The van der Waals surface area contributed by atoms with Crippen LogP contribution in [0, 0.1) is 5.82 Å². The molecule has 1 unspecified atom stereocenters. The van der Waals surface area contributed by atoms with E-state index in [1.807, 2.05) is 6.92 Å². The van der Waals surface area contributed by atoms with E-state index in [0.29, 0.717) is 25.2 Å². The highest BCUT2D eigenvalue weighted by Gasteiger charge is 2.31. The van der Waals surface area contributed by atoms with E-state index in [1.165, 1.54) is 11.0 Å². The number of aliphatic hydroxyl groups is 1. The molecule has 0 aromatic heterocycles. The molecule has 1 aromatic carbocycles. The Labute approximate surface area is 141 Å². The van der Waals surface area contributed by atoms with Crippen molar-refractivity contribution in [1.29, 1.82) is 0 Å². The van der Waals surface area contributed by atoms with Gasteiger partial charge < -0.3 is 20.2 Å². The van der Waals surface area contributed by atoms with E-state index in [4.69, 9.17) is 5.11 Å². The zero-order valence-electron chi connectivity index (χ0n) is 13.9. The number of likely N-dealkylation sites (N-methyl/N-ethyl adjacent to an activating group) is 1. The Morgan fingerprint density at radius 1 is 1.46 bits per heavy atom. The summed E-state index contributed by atoms with van der Waals surface area (Å²) in [5.74, 6) is -0.709. The lowest BCUT2D eigenvalue weighted by molar-refractivity contribution is -0.141. The Balaban J connectivity index is 1.99. The zero-order valence-corrected chi connectivity index (χ0v) is 13.9. The van der Waals surface area contributed by atoms with Crippen molar-refractivity contribution >= 4 is 11.8 Å². The summed E-state index contributed by atoms with van der Waals surface area (Å²) < 4.78 is 13.8. The van der Waals surface area contributed by atoms with Gasteiger partial charge in [-0.15, -0.1) is 0 Å². The maximum Gasteiger partial charge on any atom is 0.240 e. The fourth-order valence-electron chi connectivity index (χ4n) is 2.82. The lowest BCUT2D eigenvalue weighted by atomic mass is 10.1. The van der Waals surface area contributed by atoms with Crippen molar-refractivity contribution in [3.05, 3.63) is 35.6 Å². The minimum absolute atomic E-state index is 0.0421. The monoisotopic (exact) mass is 337 g/mol. The molecule has 1 saturated heterocycles. The smallest absolute Gasteiger partial charge is 0.240 e. The van der Waals surface area contributed by atoms with Crippen molar-refractivity contribution in [3.63, 3.8) is 0 Å². The van der Waals surface area contributed by atoms with E-state index >= 15 is 0 Å². The van der Waals surface area contributed by atoms with E-state index in [0.717, 1.165) is 0 Å². The van der Waals surface area contributed by atoms with Gasteiger partial charge in [-0.05, 0) is 13.0 Å². The van der Waals surface area contributed by atoms with Gasteiger partial charge >= 0.3 is 0 Å². The van der Waals surface area contributed by atoms with Crippen molar-refractivity contribution in [2.24, 2.45) is 0 Å². The van der Waals surface area contributed by atoms with Gasteiger partial charge in [0.15, 0.2) is 0 Å². The molecule has 1 aliphatic rings. The molecular formula is C17H24FN3O3. The van der Waals surface area contributed by atoms with Gasteiger partial charge in [0.1, 0.15) is 5.82 Å². The van der Waals surface area contributed by atoms with Crippen molar-refractivity contribution < 1.29 is 19.1 Å². The zero-order chi connectivity index (χ0) is 17.5. The summed E-state index contributed by atoms with van der Waals surface area (Å²) in [6, 6.07) is 5.77. The second-order valence-corrected chi connectivity index (χ2v) is 5.76. The topological polar surface area (TPSA) is 72.9 Å². The largest absolute Gasteiger partial charge is 0.395 e. The minimum Gasteiger partial charge on any atom is -0.395 e. The van der Waals surface area contributed by atoms with Crippen LogP contribution in [0.25, 0.3) is 0 Å². The highest BCUT2D eigenvalue weighted by molar-refractivity contribution is 5.89. The average Bonchev–Trinajstić information content (AvgIpc) is 2.58. The molecule has 2 rings (SSSR count). The van der Waals surface area contributed by atoms with E-state index in [-0.39, 0.29) is 43.7 Å². The number of benzene rings is 1. The van der Waals surface area contributed by atoms with Gasteiger partial charge in [0, 0.05) is 38.3 Å². The van der Waals surface area contributed by atoms with Crippen LogP contribution in [0.15, 0.2) is 24.3 Å².